The van der Waals surface area contributed by atoms with E-state index < -0.39 is 0 Å². The normalized spacial score (nSPS) is 0. The summed E-state index contributed by atoms with van der Waals surface area (Å²) in [6, 6.07) is 0. The topological polar surface area (TPSA) is 0 Å². The van der Waals surface area contributed by atoms with Crippen LogP contribution in [0.3, 0.4) is 0 Å². The first kappa shape index (κ1) is 104. The fourth-order valence-electron chi connectivity index (χ4n) is 0. The van der Waals surface area contributed by atoms with Crippen LogP contribution in [0.4, 0.5) is 0 Å². The SMILES string of the molecule is [Br-].[Br-].[Br-].[Br-].[Br-].[Br-].[Br-].[V+4].[V]. The van der Waals surface area contributed by atoms with E-state index >= 15 is 0 Å². The van der Waals surface area contributed by atoms with Crippen molar-refractivity contribution in [1.82, 2.24) is 0 Å². The Labute approximate surface area is 153 Å². The van der Waals surface area contributed by atoms with Gasteiger partial charge in [-0.1, -0.05) is 0 Å². The maximum absolute atomic E-state index is 0. The van der Waals surface area contributed by atoms with Gasteiger partial charge in [0.05, 0.1) is 0 Å². The fourth-order valence-corrected chi connectivity index (χ4v) is 0. The minimum Gasteiger partial charge on any atom is -1.00 e. The zero-order valence-electron chi connectivity index (χ0n) is 3.54. The van der Waals surface area contributed by atoms with Crippen LogP contribution >= 0.6 is 0 Å². The molecule has 9 heteroatoms. The van der Waals surface area contributed by atoms with Gasteiger partial charge in [0, 0.05) is 18.6 Å². The number of rotatable bonds is 0. The van der Waals surface area contributed by atoms with Crippen LogP contribution in [0.25, 0.3) is 0 Å². The summed E-state index contributed by atoms with van der Waals surface area (Å²) in [4.78, 5) is 0. The van der Waals surface area contributed by atoms with E-state index in [2.05, 4.69) is 0 Å². The van der Waals surface area contributed by atoms with E-state index in [1.807, 2.05) is 0 Å². The van der Waals surface area contributed by atoms with Gasteiger partial charge in [-0.25, -0.2) is 0 Å². The maximum Gasteiger partial charge on any atom is 4.00 e. The van der Waals surface area contributed by atoms with Crippen LogP contribution in [0.15, 0.2) is 0 Å². The Morgan fingerprint density at radius 2 is 0.333 bits per heavy atom. The van der Waals surface area contributed by atoms with Crippen molar-refractivity contribution in [2.24, 2.45) is 0 Å². The van der Waals surface area contributed by atoms with E-state index in [0.717, 1.165) is 0 Å². The molecule has 0 aromatic rings. The van der Waals surface area contributed by atoms with E-state index in [9.17, 15) is 0 Å². The van der Waals surface area contributed by atoms with Crippen molar-refractivity contribution < 1.29 is 156 Å². The van der Waals surface area contributed by atoms with Crippen LogP contribution in [-0.4, -0.2) is 0 Å². The molecule has 0 atom stereocenters. The smallest absolute Gasteiger partial charge is 1.00 e. The van der Waals surface area contributed by atoms with E-state index in [0.29, 0.717) is 0 Å². The molecule has 0 heterocycles. The van der Waals surface area contributed by atoms with Crippen molar-refractivity contribution in [2.45, 2.75) is 0 Å². The first-order chi connectivity index (χ1) is 0. The van der Waals surface area contributed by atoms with Crippen molar-refractivity contribution in [2.75, 3.05) is 0 Å². The summed E-state index contributed by atoms with van der Waals surface area (Å²) in [6.07, 6.45) is 0. The summed E-state index contributed by atoms with van der Waals surface area (Å²) in [7, 11) is 0. The number of hydrogen-bond acceptors (Lipinski definition) is 0. The average molecular weight is 661 g/mol. The molecule has 2 radical (unpaired) electrons. The molecule has 0 fully saturated rings. The second-order valence-corrected chi connectivity index (χ2v) is 0. The van der Waals surface area contributed by atoms with E-state index in [1.165, 1.54) is 0 Å². The third-order valence-corrected chi connectivity index (χ3v) is 0. The largest absolute Gasteiger partial charge is 4.00 e. The standard InChI is InChI=1S/7BrH.2V/h7*1H;;/q;;;;;;;;+4/p-7. The molecule has 62 valence electrons. The Morgan fingerprint density at radius 3 is 0.333 bits per heavy atom. The summed E-state index contributed by atoms with van der Waals surface area (Å²) in [5, 5.41) is 0. The summed E-state index contributed by atoms with van der Waals surface area (Å²) in [6.45, 7) is 0. The first-order valence-corrected chi connectivity index (χ1v) is 0. The van der Waals surface area contributed by atoms with Crippen LogP contribution in [0.5, 0.6) is 0 Å². The molecule has 0 saturated heterocycles. The van der Waals surface area contributed by atoms with Crippen molar-refractivity contribution in [3.8, 4) is 0 Å². The molecule has 0 aliphatic rings. The van der Waals surface area contributed by atoms with E-state index in [4.69, 9.17) is 0 Å². The second-order valence-electron chi connectivity index (χ2n) is 0. The van der Waals surface area contributed by atoms with Crippen LogP contribution < -0.4 is 119 Å². The Balaban J connectivity index is 0. The molecule has 0 aromatic carbocycles. The van der Waals surface area contributed by atoms with Crippen molar-refractivity contribution in [3.05, 3.63) is 0 Å². The molecule has 0 spiro atoms. The molecule has 0 aromatic heterocycles. The van der Waals surface area contributed by atoms with Gasteiger partial charge in [0.2, 0.25) is 0 Å². The molecule has 9 heavy (non-hydrogen) atoms. The van der Waals surface area contributed by atoms with Gasteiger partial charge in [0.25, 0.3) is 0 Å². The molecule has 0 bridgehead atoms. The predicted molar refractivity (Wildman–Crippen MR) is 0 cm³/mol. The summed E-state index contributed by atoms with van der Waals surface area (Å²) in [5.41, 5.74) is 0. The Hall–Kier alpha value is 4.53. The van der Waals surface area contributed by atoms with Gasteiger partial charge < -0.3 is 119 Å². The van der Waals surface area contributed by atoms with Gasteiger partial charge in [-0.2, -0.15) is 0 Å². The first-order valence-electron chi connectivity index (χ1n) is 0. The summed E-state index contributed by atoms with van der Waals surface area (Å²) < 4.78 is 0. The van der Waals surface area contributed by atoms with Gasteiger partial charge in [-0.15, -0.1) is 0 Å². The zero-order valence-corrected chi connectivity index (χ0v) is 17.4. The van der Waals surface area contributed by atoms with Crippen molar-refractivity contribution in [1.29, 1.82) is 0 Å². The third kappa shape index (κ3) is 67.7. The van der Waals surface area contributed by atoms with Crippen LogP contribution in [0, 0.1) is 0 Å². The molecule has 0 nitrogen and oxygen atoms in total. The van der Waals surface area contributed by atoms with Crippen molar-refractivity contribution >= 4 is 0 Å². The van der Waals surface area contributed by atoms with Gasteiger partial charge in [-0.3, -0.25) is 0 Å². The van der Waals surface area contributed by atoms with Gasteiger partial charge >= 0.3 is 18.6 Å². The van der Waals surface area contributed by atoms with Crippen molar-refractivity contribution in [3.63, 3.8) is 0 Å². The van der Waals surface area contributed by atoms with Crippen LogP contribution in [-0.2, 0) is 37.1 Å². The van der Waals surface area contributed by atoms with Gasteiger partial charge in [0.15, 0.2) is 0 Å². The fraction of sp³-hybridized carbons (Fsp3) is 0. The molecule has 0 aliphatic heterocycles. The predicted octanol–water partition coefficient (Wildman–Crippen LogP) is -21.0. The van der Waals surface area contributed by atoms with E-state index in [-0.39, 0.29) is 156 Å². The Morgan fingerprint density at radius 1 is 0.333 bits per heavy atom. The second kappa shape index (κ2) is 81.2. The molecule has 0 saturated carbocycles. The quantitative estimate of drug-likeness (QED) is 0.242. The maximum atomic E-state index is 0. The van der Waals surface area contributed by atoms with Gasteiger partial charge in [0.1, 0.15) is 0 Å². The minimum atomic E-state index is 0. The molecule has 0 rings (SSSR count). The molecule has 0 aliphatic carbocycles. The third-order valence-electron chi connectivity index (χ3n) is 0. The van der Waals surface area contributed by atoms with Gasteiger partial charge in [-0.05, 0) is 0 Å². The monoisotopic (exact) mass is 654 g/mol. The Bertz CT molecular complexity index is 6.88. The number of halogens is 7. The summed E-state index contributed by atoms with van der Waals surface area (Å²) >= 11 is 0. The van der Waals surface area contributed by atoms with Crippen LogP contribution in [0.2, 0.25) is 0 Å². The molecular formula is Br7V2-3. The molecule has 0 N–H and O–H groups in total. The molecular weight excluding hydrogens is 661 g/mol. The van der Waals surface area contributed by atoms with Crippen LogP contribution in [0.1, 0.15) is 0 Å². The average Bonchev–Trinajstić information content (AvgIpc) is 0. The molecule has 0 unspecified atom stereocenters. The summed E-state index contributed by atoms with van der Waals surface area (Å²) in [5.74, 6) is 0. The zero-order chi connectivity index (χ0) is 0. The molecule has 0 amide bonds. The van der Waals surface area contributed by atoms with E-state index in [1.54, 1.807) is 0 Å². The number of hydrogen-bond donors (Lipinski definition) is 0. The minimum absolute atomic E-state index is 0. The Kier molecular flexibility index (Phi) is 934.